The van der Waals surface area contributed by atoms with E-state index in [1.807, 2.05) is 24.4 Å². The van der Waals surface area contributed by atoms with Gasteiger partial charge in [-0.1, -0.05) is 140 Å². The van der Waals surface area contributed by atoms with Gasteiger partial charge in [0.2, 0.25) is 0 Å². The Balaban J connectivity index is 1.14. The van der Waals surface area contributed by atoms with Crippen LogP contribution in [0.4, 0.5) is 0 Å². The maximum Gasteiger partial charge on any atom is 0.137 e. The number of fused-ring (bicyclic) bond motifs is 15. The summed E-state index contributed by atoms with van der Waals surface area (Å²) in [5, 5.41) is 5.18. The lowest BCUT2D eigenvalue weighted by molar-refractivity contribution is 0.809. The first-order valence-corrected chi connectivity index (χ1v) is 16.6. The molecule has 2 aromatic heterocycles. The molecule has 0 amide bonds. The Kier molecular flexibility index (Phi) is 5.07. The maximum absolute atomic E-state index is 4.83. The van der Waals surface area contributed by atoms with Crippen molar-refractivity contribution in [2.45, 2.75) is 5.41 Å². The summed E-state index contributed by atoms with van der Waals surface area (Å²) >= 11 is 0. The Labute approximate surface area is 278 Å². The highest BCUT2D eigenvalue weighted by molar-refractivity contribution is 6.09. The quantitative estimate of drug-likeness (QED) is 0.191. The van der Waals surface area contributed by atoms with E-state index in [9.17, 15) is 0 Å². The molecule has 0 saturated carbocycles. The van der Waals surface area contributed by atoms with E-state index in [0.29, 0.717) is 0 Å². The van der Waals surface area contributed by atoms with Crippen molar-refractivity contribution in [2.24, 2.45) is 0 Å². The highest BCUT2D eigenvalue weighted by Crippen LogP contribution is 2.65. The van der Waals surface area contributed by atoms with Crippen molar-refractivity contribution in [1.29, 1.82) is 0 Å². The zero-order valence-electron chi connectivity index (χ0n) is 26.1. The number of aromatic nitrogens is 2. The molecule has 0 N–H and O–H groups in total. The number of pyridine rings is 1. The van der Waals surface area contributed by atoms with Gasteiger partial charge in [-0.3, -0.25) is 0 Å². The van der Waals surface area contributed by atoms with Crippen LogP contribution in [0.25, 0.3) is 71.8 Å². The Bertz CT molecular complexity index is 2700. The molecule has 48 heavy (non-hydrogen) atoms. The topological polar surface area (TPSA) is 17.3 Å². The molecular formula is C46H28N2. The Hall–Kier alpha value is -6.25. The zero-order valence-corrected chi connectivity index (χ0v) is 26.1. The van der Waals surface area contributed by atoms with E-state index in [1.54, 1.807) is 0 Å². The minimum atomic E-state index is -0.407. The van der Waals surface area contributed by atoms with Crippen molar-refractivity contribution in [3.8, 4) is 44.6 Å². The van der Waals surface area contributed by atoms with Gasteiger partial charge in [-0.25, -0.2) is 4.98 Å². The van der Waals surface area contributed by atoms with Gasteiger partial charge in [0, 0.05) is 18.0 Å². The maximum atomic E-state index is 4.83. The highest BCUT2D eigenvalue weighted by atomic mass is 15.0. The molecule has 2 heteroatoms. The van der Waals surface area contributed by atoms with Gasteiger partial charge in [-0.05, 0) is 95.4 Å². The van der Waals surface area contributed by atoms with E-state index < -0.39 is 5.41 Å². The lowest BCUT2D eigenvalue weighted by Crippen LogP contribution is -2.26. The molecule has 0 unspecified atom stereocenters. The predicted octanol–water partition coefficient (Wildman–Crippen LogP) is 11.3. The van der Waals surface area contributed by atoms with Gasteiger partial charge in [0.05, 0.1) is 11.1 Å². The molecule has 1 spiro atoms. The molecule has 0 fully saturated rings. The van der Waals surface area contributed by atoms with Crippen LogP contribution in [-0.2, 0) is 5.41 Å². The molecule has 0 radical (unpaired) electrons. The van der Waals surface area contributed by atoms with E-state index in [-0.39, 0.29) is 0 Å². The molecule has 11 rings (SSSR count). The highest BCUT2D eigenvalue weighted by Gasteiger charge is 2.53. The van der Waals surface area contributed by atoms with Crippen LogP contribution in [0.15, 0.2) is 170 Å². The molecule has 2 nitrogen and oxygen atoms in total. The van der Waals surface area contributed by atoms with Crippen LogP contribution in [-0.4, -0.2) is 9.38 Å². The van der Waals surface area contributed by atoms with Crippen LogP contribution >= 0.6 is 0 Å². The molecule has 0 aliphatic heterocycles. The number of benzene rings is 7. The first kappa shape index (κ1) is 25.9. The number of hydrogen-bond acceptors (Lipinski definition) is 1. The van der Waals surface area contributed by atoms with Crippen LogP contribution in [0, 0.1) is 0 Å². The summed E-state index contributed by atoms with van der Waals surface area (Å²) in [5.41, 5.74) is 16.0. The standard InChI is InChI=1S/C46H28N2/c1-2-10-34-30(9-1)20-24-38-39-25-22-33-27-32(29-16-18-31(19-17-29)42-28-48-26-8-7-15-43(48)47-42)21-23-35(33)45(39)46(44(34)38)40-13-5-3-11-36(40)37-12-4-6-14-41(37)46/h1-28H. The van der Waals surface area contributed by atoms with Crippen molar-refractivity contribution in [2.75, 3.05) is 0 Å². The van der Waals surface area contributed by atoms with Crippen molar-refractivity contribution < 1.29 is 0 Å². The summed E-state index contributed by atoms with van der Waals surface area (Å²) in [6, 6.07) is 58.4. The fraction of sp³-hybridized carbons (Fsp3) is 0.0217. The first-order valence-electron chi connectivity index (χ1n) is 16.6. The van der Waals surface area contributed by atoms with Gasteiger partial charge in [-0.15, -0.1) is 0 Å². The van der Waals surface area contributed by atoms with Crippen molar-refractivity contribution in [3.63, 3.8) is 0 Å². The number of hydrogen-bond donors (Lipinski definition) is 0. The van der Waals surface area contributed by atoms with Crippen LogP contribution in [0.2, 0.25) is 0 Å². The monoisotopic (exact) mass is 608 g/mol. The Morgan fingerprint density at radius 1 is 0.438 bits per heavy atom. The third kappa shape index (κ3) is 3.29. The lowest BCUT2D eigenvalue weighted by atomic mass is 9.68. The van der Waals surface area contributed by atoms with Crippen LogP contribution in [0.3, 0.4) is 0 Å². The minimum Gasteiger partial charge on any atom is -0.306 e. The molecule has 0 saturated heterocycles. The fourth-order valence-corrected chi connectivity index (χ4v) is 8.84. The van der Waals surface area contributed by atoms with E-state index >= 15 is 0 Å². The summed E-state index contributed by atoms with van der Waals surface area (Å²) in [6.07, 6.45) is 4.14. The second kappa shape index (κ2) is 9.40. The van der Waals surface area contributed by atoms with Gasteiger partial charge < -0.3 is 4.40 Å². The van der Waals surface area contributed by atoms with Gasteiger partial charge >= 0.3 is 0 Å². The van der Waals surface area contributed by atoms with Crippen LogP contribution < -0.4 is 0 Å². The van der Waals surface area contributed by atoms with Crippen LogP contribution in [0.5, 0.6) is 0 Å². The number of nitrogens with zero attached hydrogens (tertiary/aromatic N) is 2. The van der Waals surface area contributed by atoms with E-state index in [1.165, 1.54) is 77.2 Å². The first-order chi connectivity index (χ1) is 23.8. The van der Waals surface area contributed by atoms with E-state index in [0.717, 1.165) is 16.9 Å². The summed E-state index contributed by atoms with van der Waals surface area (Å²) in [5.74, 6) is 0. The Morgan fingerprint density at radius 2 is 1.04 bits per heavy atom. The molecule has 0 bridgehead atoms. The second-order valence-corrected chi connectivity index (χ2v) is 13.1. The largest absolute Gasteiger partial charge is 0.306 e. The molecule has 2 aliphatic carbocycles. The second-order valence-electron chi connectivity index (χ2n) is 13.1. The van der Waals surface area contributed by atoms with Crippen molar-refractivity contribution in [1.82, 2.24) is 9.38 Å². The summed E-state index contributed by atoms with van der Waals surface area (Å²) in [6.45, 7) is 0. The number of rotatable bonds is 2. The number of imidazole rings is 1. The summed E-state index contributed by atoms with van der Waals surface area (Å²) < 4.78 is 2.07. The fourth-order valence-electron chi connectivity index (χ4n) is 8.84. The zero-order chi connectivity index (χ0) is 31.4. The van der Waals surface area contributed by atoms with Gasteiger partial charge in [0.25, 0.3) is 0 Å². The van der Waals surface area contributed by atoms with E-state index in [4.69, 9.17) is 4.98 Å². The van der Waals surface area contributed by atoms with Gasteiger partial charge in [-0.2, -0.15) is 0 Å². The molecule has 222 valence electrons. The van der Waals surface area contributed by atoms with Crippen LogP contribution in [0.1, 0.15) is 22.3 Å². The molecule has 2 heterocycles. The predicted molar refractivity (Wildman–Crippen MR) is 197 cm³/mol. The average Bonchev–Trinajstić information content (AvgIpc) is 3.82. The van der Waals surface area contributed by atoms with Crippen molar-refractivity contribution >= 4 is 27.2 Å². The molecule has 0 atom stereocenters. The molecule has 7 aromatic carbocycles. The third-order valence-electron chi connectivity index (χ3n) is 10.8. The molecule has 2 aliphatic rings. The molecular weight excluding hydrogens is 581 g/mol. The normalized spacial score (nSPS) is 13.6. The minimum absolute atomic E-state index is 0.407. The SMILES string of the molecule is c1ccc2c(c1)-c1ccccc1C21c2c(ccc3ccccc23)-c2ccc3cc(-c4ccc(-c5cn6ccccc6n5)cc4)ccc3c21. The van der Waals surface area contributed by atoms with Gasteiger partial charge in [0.15, 0.2) is 0 Å². The van der Waals surface area contributed by atoms with E-state index in [2.05, 4.69) is 150 Å². The average molecular weight is 609 g/mol. The Morgan fingerprint density at radius 3 is 1.79 bits per heavy atom. The van der Waals surface area contributed by atoms with Gasteiger partial charge in [0.1, 0.15) is 5.65 Å². The lowest BCUT2D eigenvalue weighted by Gasteiger charge is -2.32. The third-order valence-corrected chi connectivity index (χ3v) is 10.8. The summed E-state index contributed by atoms with van der Waals surface area (Å²) in [4.78, 5) is 4.83. The van der Waals surface area contributed by atoms with Crippen molar-refractivity contribution in [3.05, 3.63) is 192 Å². The molecule has 9 aromatic rings. The smallest absolute Gasteiger partial charge is 0.137 e. The summed E-state index contributed by atoms with van der Waals surface area (Å²) in [7, 11) is 0.